The van der Waals surface area contributed by atoms with E-state index in [0.29, 0.717) is 11.3 Å². The van der Waals surface area contributed by atoms with Gasteiger partial charge in [0.25, 0.3) is 0 Å². The molecule has 35 heavy (non-hydrogen) atoms. The summed E-state index contributed by atoms with van der Waals surface area (Å²) in [6, 6.07) is 24.9. The predicted molar refractivity (Wildman–Crippen MR) is 143 cm³/mol. The molecule has 3 aromatic carbocycles. The molecule has 0 radical (unpaired) electrons. The average molecular weight is 610 g/mol. The Balaban J connectivity index is 1.28. The van der Waals surface area contributed by atoms with E-state index in [9.17, 15) is 4.79 Å². The number of carbonyl (C=O) groups is 1. The first-order valence-electron chi connectivity index (χ1n) is 11.0. The van der Waals surface area contributed by atoms with Crippen LogP contribution < -0.4 is 9.47 Å². The van der Waals surface area contributed by atoms with Crippen LogP contribution in [0.15, 0.2) is 98.3 Å². The second-order valence-electron chi connectivity index (χ2n) is 8.24. The minimum Gasteiger partial charge on any atom is -0.464 e. The first-order valence-corrected chi connectivity index (χ1v) is 13.5. The maximum atomic E-state index is 12.5. The van der Waals surface area contributed by atoms with Crippen molar-refractivity contribution in [2.45, 2.75) is 18.7 Å². The average Bonchev–Trinajstić information content (AvgIpc) is 3.55. The smallest absolute Gasteiger partial charge is 0.343 e. The van der Waals surface area contributed by atoms with E-state index >= 15 is 0 Å². The lowest BCUT2D eigenvalue weighted by Gasteiger charge is -2.38. The third-order valence-electron chi connectivity index (χ3n) is 6.01. The highest BCUT2D eigenvalue weighted by Gasteiger charge is 2.41. The van der Waals surface area contributed by atoms with Crippen LogP contribution >= 0.6 is 43.2 Å². The SMILES string of the molecule is O=C(Oc1ccc([C@H]2Oc3ccc(Br)cc3[C@H]3CC(c4cccs4)=NN32)cc1)c1ccc(Br)cc1. The van der Waals surface area contributed by atoms with Crippen molar-refractivity contribution in [1.82, 2.24) is 5.01 Å². The van der Waals surface area contributed by atoms with Crippen LogP contribution in [0.25, 0.3) is 0 Å². The van der Waals surface area contributed by atoms with Crippen LogP contribution in [0.2, 0.25) is 0 Å². The van der Waals surface area contributed by atoms with E-state index < -0.39 is 5.97 Å². The second-order valence-corrected chi connectivity index (χ2v) is 11.0. The van der Waals surface area contributed by atoms with Crippen LogP contribution in [-0.4, -0.2) is 16.7 Å². The summed E-state index contributed by atoms with van der Waals surface area (Å²) >= 11 is 8.67. The zero-order valence-corrected chi connectivity index (χ0v) is 22.2. The van der Waals surface area contributed by atoms with Gasteiger partial charge >= 0.3 is 5.97 Å². The fourth-order valence-corrected chi connectivity index (χ4v) is 5.69. The van der Waals surface area contributed by atoms with Gasteiger partial charge in [-0.25, -0.2) is 9.80 Å². The Morgan fingerprint density at radius 3 is 2.51 bits per heavy atom. The van der Waals surface area contributed by atoms with Crippen LogP contribution in [0, 0.1) is 0 Å². The third kappa shape index (κ3) is 4.42. The number of nitrogens with zero attached hydrogens (tertiary/aromatic N) is 2. The molecule has 0 fully saturated rings. The number of fused-ring (bicyclic) bond motifs is 3. The number of benzene rings is 3. The van der Waals surface area contributed by atoms with Gasteiger partial charge in [-0.3, -0.25) is 0 Å². The highest BCUT2D eigenvalue weighted by atomic mass is 79.9. The van der Waals surface area contributed by atoms with Crippen molar-refractivity contribution in [3.05, 3.63) is 115 Å². The highest BCUT2D eigenvalue weighted by Crippen LogP contribution is 2.48. The number of ether oxygens (including phenoxy) is 2. The molecule has 0 unspecified atom stereocenters. The molecule has 174 valence electrons. The Hall–Kier alpha value is -2.94. The summed E-state index contributed by atoms with van der Waals surface area (Å²) < 4.78 is 13.9. The fraction of sp³-hybridized carbons (Fsp3) is 0.111. The van der Waals surface area contributed by atoms with Gasteiger partial charge in [0, 0.05) is 26.5 Å². The molecule has 8 heteroatoms. The largest absolute Gasteiger partial charge is 0.464 e. The van der Waals surface area contributed by atoms with E-state index in [-0.39, 0.29) is 12.3 Å². The van der Waals surface area contributed by atoms with Crippen molar-refractivity contribution >= 4 is 54.9 Å². The molecule has 0 spiro atoms. The third-order valence-corrected chi connectivity index (χ3v) is 7.95. The van der Waals surface area contributed by atoms with Gasteiger partial charge in [-0.15, -0.1) is 11.3 Å². The molecule has 0 saturated carbocycles. The molecule has 2 aliphatic heterocycles. The van der Waals surface area contributed by atoms with Crippen LogP contribution in [0.3, 0.4) is 0 Å². The number of hydrogen-bond donors (Lipinski definition) is 0. The maximum absolute atomic E-state index is 12.5. The van der Waals surface area contributed by atoms with Crippen molar-refractivity contribution < 1.29 is 14.3 Å². The first kappa shape index (κ1) is 22.5. The minimum absolute atomic E-state index is 0.0771. The maximum Gasteiger partial charge on any atom is 0.343 e. The molecule has 4 aromatic rings. The molecule has 2 atom stereocenters. The Morgan fingerprint density at radius 1 is 1.00 bits per heavy atom. The predicted octanol–water partition coefficient (Wildman–Crippen LogP) is 7.73. The molecule has 0 aliphatic carbocycles. The lowest BCUT2D eigenvalue weighted by molar-refractivity contribution is -0.0190. The summed E-state index contributed by atoms with van der Waals surface area (Å²) in [5, 5.41) is 9.11. The molecule has 1 aromatic heterocycles. The number of hydrogen-bond acceptors (Lipinski definition) is 6. The van der Waals surface area contributed by atoms with Gasteiger partial charge in [0.1, 0.15) is 11.5 Å². The summed E-state index contributed by atoms with van der Waals surface area (Å²) in [7, 11) is 0. The lowest BCUT2D eigenvalue weighted by atomic mass is 9.97. The summed E-state index contributed by atoms with van der Waals surface area (Å²) in [6.45, 7) is 0. The molecule has 0 saturated heterocycles. The molecule has 5 nitrogen and oxygen atoms in total. The molecular weight excluding hydrogens is 592 g/mol. The van der Waals surface area contributed by atoms with E-state index in [0.717, 1.165) is 38.0 Å². The molecule has 6 rings (SSSR count). The van der Waals surface area contributed by atoms with Gasteiger partial charge in [-0.1, -0.05) is 37.9 Å². The summed E-state index contributed by atoms with van der Waals surface area (Å²) in [5.41, 5.74) is 3.60. The Kier molecular flexibility index (Phi) is 5.96. The van der Waals surface area contributed by atoms with Crippen LogP contribution in [-0.2, 0) is 0 Å². The molecular formula is C27H18Br2N2O3S. The van der Waals surface area contributed by atoms with Crippen LogP contribution in [0.4, 0.5) is 0 Å². The quantitative estimate of drug-likeness (QED) is 0.175. The summed E-state index contributed by atoms with van der Waals surface area (Å²) in [4.78, 5) is 13.7. The molecule has 0 N–H and O–H groups in total. The summed E-state index contributed by atoms with van der Waals surface area (Å²) in [5.74, 6) is 0.929. The monoisotopic (exact) mass is 608 g/mol. The lowest BCUT2D eigenvalue weighted by Crippen LogP contribution is -2.33. The topological polar surface area (TPSA) is 51.1 Å². The standard InChI is InChI=1S/C27H18Br2N2O3S/c28-18-7-3-17(4-8-18)27(32)33-20-10-5-16(6-11-20)26-31-23(15-22(30-31)25-2-1-13-35-25)21-14-19(29)9-12-24(21)34-26/h1-14,23,26H,15H2/t23-,26-/m1/s1. The van der Waals surface area contributed by atoms with Gasteiger partial charge in [-0.2, -0.15) is 5.10 Å². The first-order chi connectivity index (χ1) is 17.0. The van der Waals surface area contributed by atoms with Gasteiger partial charge in [-0.05, 0) is 78.2 Å². The molecule has 3 heterocycles. The van der Waals surface area contributed by atoms with Gasteiger partial charge in [0.2, 0.25) is 6.23 Å². The number of rotatable bonds is 4. The number of thiophene rings is 1. The number of halogens is 2. The Labute approximate surface area is 223 Å². The zero-order chi connectivity index (χ0) is 23.9. The van der Waals surface area contributed by atoms with E-state index in [1.54, 1.807) is 35.6 Å². The summed E-state index contributed by atoms with van der Waals surface area (Å²) in [6.07, 6.45) is 0.426. The van der Waals surface area contributed by atoms with Crippen molar-refractivity contribution in [3.63, 3.8) is 0 Å². The van der Waals surface area contributed by atoms with Crippen LogP contribution in [0.5, 0.6) is 11.5 Å². The molecule has 0 bridgehead atoms. The van der Waals surface area contributed by atoms with Crippen molar-refractivity contribution in [3.8, 4) is 11.5 Å². The van der Waals surface area contributed by atoms with E-state index in [2.05, 4.69) is 49.4 Å². The van der Waals surface area contributed by atoms with Gasteiger partial charge < -0.3 is 9.47 Å². The highest BCUT2D eigenvalue weighted by molar-refractivity contribution is 9.10. The fourth-order valence-electron chi connectivity index (χ4n) is 4.32. The number of esters is 1. The molecule has 2 aliphatic rings. The normalized spacial score (nSPS) is 18.3. The second kappa shape index (κ2) is 9.26. The Bertz CT molecular complexity index is 1420. The van der Waals surface area contributed by atoms with E-state index in [1.807, 2.05) is 47.5 Å². The number of carbonyl (C=O) groups excluding carboxylic acids is 1. The van der Waals surface area contributed by atoms with Gasteiger partial charge in [0.05, 0.1) is 22.2 Å². The van der Waals surface area contributed by atoms with Crippen molar-refractivity contribution in [2.24, 2.45) is 5.10 Å². The Morgan fingerprint density at radius 2 is 1.77 bits per heavy atom. The van der Waals surface area contributed by atoms with Crippen molar-refractivity contribution in [1.29, 1.82) is 0 Å². The number of hydrazone groups is 1. The van der Waals surface area contributed by atoms with Crippen LogP contribution in [0.1, 0.15) is 45.1 Å². The molecule has 0 amide bonds. The van der Waals surface area contributed by atoms with Gasteiger partial charge in [0.15, 0.2) is 0 Å². The van der Waals surface area contributed by atoms with E-state index in [4.69, 9.17) is 14.6 Å². The minimum atomic E-state index is -0.400. The van der Waals surface area contributed by atoms with Crippen molar-refractivity contribution in [2.75, 3.05) is 0 Å². The zero-order valence-electron chi connectivity index (χ0n) is 18.2. The van der Waals surface area contributed by atoms with E-state index in [1.165, 1.54) is 4.88 Å².